The fraction of sp³-hybridized carbons (Fsp3) is 0.706. The third kappa shape index (κ3) is 3.00. The topological polar surface area (TPSA) is 60.4 Å². The zero-order chi connectivity index (χ0) is 16.6. The highest BCUT2D eigenvalue weighted by molar-refractivity contribution is 6.25. The quantitative estimate of drug-likeness (QED) is 0.577. The summed E-state index contributed by atoms with van der Waals surface area (Å²) >= 11 is 0. The molecule has 0 radical (unpaired) electrons. The van der Waals surface area contributed by atoms with Crippen molar-refractivity contribution in [1.29, 1.82) is 0 Å². The second-order valence-corrected chi connectivity index (χ2v) is 7.12. The van der Waals surface area contributed by atoms with Gasteiger partial charge in [-0.25, -0.2) is 0 Å². The zero-order valence-electron chi connectivity index (χ0n) is 13.9. The molecular formula is C17H26O4. The van der Waals surface area contributed by atoms with Crippen LogP contribution in [-0.4, -0.2) is 31.1 Å². The molecule has 118 valence electrons. The minimum Gasteiger partial charge on any atom is -0.384 e. The van der Waals surface area contributed by atoms with E-state index in [1.165, 1.54) is 0 Å². The van der Waals surface area contributed by atoms with E-state index in [0.29, 0.717) is 12.2 Å². The van der Waals surface area contributed by atoms with Gasteiger partial charge >= 0.3 is 0 Å². The summed E-state index contributed by atoms with van der Waals surface area (Å²) in [7, 11) is 1.56. The number of carbonyl (C=O) groups excluding carboxylic acids is 3. The molecule has 0 aromatic rings. The van der Waals surface area contributed by atoms with Crippen LogP contribution in [0.5, 0.6) is 0 Å². The third-order valence-electron chi connectivity index (χ3n) is 4.59. The van der Waals surface area contributed by atoms with E-state index in [0.717, 1.165) is 0 Å². The van der Waals surface area contributed by atoms with Gasteiger partial charge in [0.15, 0.2) is 17.3 Å². The SMILES string of the molecule is C=C1C(C)(C)C(=O)C(C(=O)CC(C)COC)C(=O)C1(C)C. The highest BCUT2D eigenvalue weighted by Crippen LogP contribution is 2.48. The Balaban J connectivity index is 3.11. The summed E-state index contributed by atoms with van der Waals surface area (Å²) in [6.45, 7) is 13.2. The Morgan fingerprint density at radius 3 is 2.00 bits per heavy atom. The van der Waals surface area contributed by atoms with Crippen molar-refractivity contribution in [1.82, 2.24) is 0 Å². The van der Waals surface area contributed by atoms with Gasteiger partial charge in [-0.15, -0.1) is 0 Å². The molecule has 1 rings (SSSR count). The Morgan fingerprint density at radius 1 is 1.19 bits per heavy atom. The van der Waals surface area contributed by atoms with E-state index in [1.54, 1.807) is 34.8 Å². The number of hydrogen-bond acceptors (Lipinski definition) is 4. The molecule has 0 saturated heterocycles. The van der Waals surface area contributed by atoms with Gasteiger partial charge in [0.2, 0.25) is 0 Å². The van der Waals surface area contributed by atoms with Crippen LogP contribution in [0.25, 0.3) is 0 Å². The van der Waals surface area contributed by atoms with Crippen molar-refractivity contribution < 1.29 is 19.1 Å². The van der Waals surface area contributed by atoms with Crippen molar-refractivity contribution in [2.24, 2.45) is 22.7 Å². The highest BCUT2D eigenvalue weighted by Gasteiger charge is 2.56. The molecule has 0 bridgehead atoms. The van der Waals surface area contributed by atoms with Gasteiger partial charge in [0.25, 0.3) is 0 Å². The Bertz CT molecular complexity index is 455. The average Bonchev–Trinajstić information content (AvgIpc) is 2.36. The maximum atomic E-state index is 12.6. The van der Waals surface area contributed by atoms with E-state index >= 15 is 0 Å². The second kappa shape index (κ2) is 5.84. The monoisotopic (exact) mass is 294 g/mol. The molecule has 1 unspecified atom stereocenters. The molecular weight excluding hydrogens is 268 g/mol. The Morgan fingerprint density at radius 2 is 1.62 bits per heavy atom. The molecule has 1 atom stereocenters. The summed E-state index contributed by atoms with van der Waals surface area (Å²) < 4.78 is 5.01. The lowest BCUT2D eigenvalue weighted by Gasteiger charge is -2.44. The first kappa shape index (κ1) is 17.8. The van der Waals surface area contributed by atoms with Crippen molar-refractivity contribution in [3.8, 4) is 0 Å². The van der Waals surface area contributed by atoms with Crippen molar-refractivity contribution in [3.63, 3.8) is 0 Å². The molecule has 0 aliphatic heterocycles. The highest BCUT2D eigenvalue weighted by atomic mass is 16.5. The van der Waals surface area contributed by atoms with Gasteiger partial charge in [0, 0.05) is 31.0 Å². The number of rotatable bonds is 5. The summed E-state index contributed by atoms with van der Waals surface area (Å²) in [6, 6.07) is 0. The Hall–Kier alpha value is -1.29. The number of allylic oxidation sites excluding steroid dienone is 1. The molecule has 0 heterocycles. The van der Waals surface area contributed by atoms with E-state index in [4.69, 9.17) is 4.74 Å². The number of carbonyl (C=O) groups is 3. The number of hydrogen-bond donors (Lipinski definition) is 0. The minimum absolute atomic E-state index is 0.0144. The number of ketones is 3. The van der Waals surface area contributed by atoms with Crippen molar-refractivity contribution in [2.45, 2.75) is 41.0 Å². The lowest BCUT2D eigenvalue weighted by molar-refractivity contribution is -0.150. The molecule has 0 aromatic heterocycles. The second-order valence-electron chi connectivity index (χ2n) is 7.12. The Labute approximate surface area is 126 Å². The zero-order valence-corrected chi connectivity index (χ0v) is 13.9. The van der Waals surface area contributed by atoms with Crippen LogP contribution in [0.15, 0.2) is 12.2 Å². The van der Waals surface area contributed by atoms with Gasteiger partial charge in [-0.2, -0.15) is 0 Å². The molecule has 1 saturated carbocycles. The van der Waals surface area contributed by atoms with Crippen molar-refractivity contribution in [2.75, 3.05) is 13.7 Å². The van der Waals surface area contributed by atoms with Gasteiger partial charge in [0.05, 0.1) is 0 Å². The van der Waals surface area contributed by atoms with Gasteiger partial charge in [-0.1, -0.05) is 19.1 Å². The van der Waals surface area contributed by atoms with Crippen LogP contribution in [0.1, 0.15) is 41.0 Å². The van der Waals surface area contributed by atoms with Crippen LogP contribution in [0.4, 0.5) is 0 Å². The summed E-state index contributed by atoms with van der Waals surface area (Å²) in [4.78, 5) is 37.7. The first-order valence-corrected chi connectivity index (χ1v) is 7.28. The number of Topliss-reactive ketones (excluding diaryl/α,β-unsaturated/α-hetero) is 3. The van der Waals surface area contributed by atoms with E-state index in [-0.39, 0.29) is 29.7 Å². The molecule has 1 aliphatic carbocycles. The lowest BCUT2D eigenvalue weighted by Crippen LogP contribution is -2.54. The molecule has 21 heavy (non-hydrogen) atoms. The fourth-order valence-corrected chi connectivity index (χ4v) is 3.02. The largest absolute Gasteiger partial charge is 0.384 e. The van der Waals surface area contributed by atoms with Gasteiger partial charge in [-0.05, 0) is 33.6 Å². The van der Waals surface area contributed by atoms with E-state index < -0.39 is 16.7 Å². The van der Waals surface area contributed by atoms with Crippen LogP contribution < -0.4 is 0 Å². The van der Waals surface area contributed by atoms with Crippen LogP contribution in [0.2, 0.25) is 0 Å². The first-order chi connectivity index (χ1) is 9.47. The normalized spacial score (nSPS) is 23.2. The summed E-state index contributed by atoms with van der Waals surface area (Å²) in [5, 5.41) is 0. The molecule has 4 heteroatoms. The van der Waals surface area contributed by atoms with Crippen LogP contribution in [0.3, 0.4) is 0 Å². The molecule has 1 aliphatic rings. The maximum Gasteiger partial charge on any atom is 0.160 e. The predicted molar refractivity (Wildman–Crippen MR) is 80.9 cm³/mol. The summed E-state index contributed by atoms with van der Waals surface area (Å²) in [5.41, 5.74) is -1.14. The van der Waals surface area contributed by atoms with Crippen LogP contribution in [-0.2, 0) is 19.1 Å². The van der Waals surface area contributed by atoms with E-state index in [1.807, 2.05) is 6.92 Å². The van der Waals surface area contributed by atoms with Gasteiger partial charge in [0.1, 0.15) is 5.92 Å². The number of methoxy groups -OCH3 is 1. The minimum atomic E-state index is -1.17. The van der Waals surface area contributed by atoms with Crippen LogP contribution >= 0.6 is 0 Å². The van der Waals surface area contributed by atoms with Crippen molar-refractivity contribution >= 4 is 17.3 Å². The predicted octanol–water partition coefficient (Wildman–Crippen LogP) is 2.60. The van der Waals surface area contributed by atoms with E-state index in [2.05, 4.69) is 6.58 Å². The molecule has 1 fully saturated rings. The maximum absolute atomic E-state index is 12.6. The fourth-order valence-electron chi connectivity index (χ4n) is 3.02. The molecule has 0 spiro atoms. The van der Waals surface area contributed by atoms with Crippen LogP contribution in [0, 0.1) is 22.7 Å². The smallest absolute Gasteiger partial charge is 0.160 e. The average molecular weight is 294 g/mol. The van der Waals surface area contributed by atoms with Gasteiger partial charge in [-0.3, -0.25) is 14.4 Å². The molecule has 0 N–H and O–H groups in total. The Kier molecular flexibility index (Phi) is 4.94. The third-order valence-corrected chi connectivity index (χ3v) is 4.59. The standard InChI is InChI=1S/C17H26O4/c1-10(9-21-7)8-12(18)13-14(19)16(3,4)11(2)17(5,6)15(13)20/h10,13H,2,8-9H2,1,3-7H3. The van der Waals surface area contributed by atoms with Crippen molar-refractivity contribution in [3.05, 3.63) is 12.2 Å². The first-order valence-electron chi connectivity index (χ1n) is 7.28. The lowest BCUT2D eigenvalue weighted by atomic mass is 9.56. The van der Waals surface area contributed by atoms with E-state index in [9.17, 15) is 14.4 Å². The van der Waals surface area contributed by atoms with Gasteiger partial charge < -0.3 is 4.74 Å². The molecule has 0 amide bonds. The summed E-state index contributed by atoms with van der Waals surface area (Å²) in [5.74, 6) is -2.14. The molecule has 4 nitrogen and oxygen atoms in total. The summed E-state index contributed by atoms with van der Waals surface area (Å²) in [6.07, 6.45) is 0.175. The molecule has 0 aromatic carbocycles. The number of ether oxygens (including phenoxy) is 1.